The topological polar surface area (TPSA) is 75.0 Å². The summed E-state index contributed by atoms with van der Waals surface area (Å²) in [6, 6.07) is 12.9. The third-order valence-corrected chi connectivity index (χ3v) is 5.27. The van der Waals surface area contributed by atoms with E-state index in [0.29, 0.717) is 38.1 Å². The minimum Gasteiger partial charge on any atom is -0.496 e. The van der Waals surface area contributed by atoms with Crippen LogP contribution >= 0.6 is 11.3 Å². The van der Waals surface area contributed by atoms with E-state index in [-0.39, 0.29) is 5.56 Å². The van der Waals surface area contributed by atoms with Crippen LogP contribution in [-0.2, 0) is 0 Å². The van der Waals surface area contributed by atoms with E-state index in [2.05, 4.69) is 10.2 Å². The number of aromatic nitrogens is 3. The molecule has 0 spiro atoms. The number of ether oxygens (including phenoxy) is 3. The molecule has 2 aromatic carbocycles. The maximum atomic E-state index is 13.0. The largest absolute Gasteiger partial charge is 0.496 e. The third kappa shape index (κ3) is 2.97. The van der Waals surface area contributed by atoms with E-state index in [9.17, 15) is 4.79 Å². The Bertz CT molecular complexity index is 1260. The van der Waals surface area contributed by atoms with Gasteiger partial charge < -0.3 is 14.2 Å². The highest BCUT2D eigenvalue weighted by Crippen LogP contribution is 2.31. The van der Waals surface area contributed by atoms with Crippen molar-refractivity contribution in [2.75, 3.05) is 21.3 Å². The van der Waals surface area contributed by atoms with Crippen molar-refractivity contribution in [2.24, 2.45) is 0 Å². The quantitative estimate of drug-likeness (QED) is 0.517. The molecule has 28 heavy (non-hydrogen) atoms. The first kappa shape index (κ1) is 18.0. The number of fused-ring (bicyclic) bond motifs is 1. The van der Waals surface area contributed by atoms with E-state index in [1.807, 2.05) is 30.3 Å². The van der Waals surface area contributed by atoms with Crippen molar-refractivity contribution in [3.05, 3.63) is 62.9 Å². The number of nitrogens with zero attached hydrogens (tertiary/aromatic N) is 3. The molecule has 0 aliphatic carbocycles. The molecular weight excluding hydrogens is 378 g/mol. The molecule has 0 aliphatic heterocycles. The monoisotopic (exact) mass is 395 g/mol. The first-order valence-corrected chi connectivity index (χ1v) is 9.23. The van der Waals surface area contributed by atoms with Crippen LogP contribution in [0.2, 0.25) is 0 Å². The standard InChI is InChI=1S/C20H17N3O4S/c1-25-14-7-5-4-6-12(14)11-17-19(24)23-18(21-22-20(23)28-17)13-8-9-15(26-2)16(10-13)27-3/h4-11H,1-3H3/b17-11+. The van der Waals surface area contributed by atoms with E-state index in [1.165, 1.54) is 15.7 Å². The van der Waals surface area contributed by atoms with Crippen LogP contribution in [0.1, 0.15) is 5.56 Å². The molecular formula is C20H17N3O4S. The Kier molecular flexibility index (Phi) is 4.70. The van der Waals surface area contributed by atoms with Gasteiger partial charge in [-0.2, -0.15) is 0 Å². The molecule has 0 amide bonds. The van der Waals surface area contributed by atoms with Gasteiger partial charge in [-0.05, 0) is 30.3 Å². The Labute approximate surface area is 164 Å². The van der Waals surface area contributed by atoms with Gasteiger partial charge in [0.05, 0.1) is 25.9 Å². The van der Waals surface area contributed by atoms with Gasteiger partial charge in [0.25, 0.3) is 5.56 Å². The van der Waals surface area contributed by atoms with Gasteiger partial charge in [-0.3, -0.25) is 4.79 Å². The van der Waals surface area contributed by atoms with Crippen molar-refractivity contribution in [3.8, 4) is 28.6 Å². The Morgan fingerprint density at radius 2 is 1.68 bits per heavy atom. The molecule has 0 aliphatic rings. The molecule has 4 aromatic rings. The van der Waals surface area contributed by atoms with Crippen LogP contribution in [0, 0.1) is 0 Å². The number of methoxy groups -OCH3 is 3. The molecule has 0 atom stereocenters. The predicted octanol–water partition coefficient (Wildman–Crippen LogP) is 2.39. The second-order valence-electron chi connectivity index (χ2n) is 5.87. The number of rotatable bonds is 5. The van der Waals surface area contributed by atoms with Gasteiger partial charge in [-0.15, -0.1) is 10.2 Å². The molecule has 142 valence electrons. The van der Waals surface area contributed by atoms with Gasteiger partial charge in [0, 0.05) is 11.1 Å². The van der Waals surface area contributed by atoms with Crippen LogP contribution in [0.25, 0.3) is 22.4 Å². The SMILES string of the molecule is COc1ccccc1/C=c1/sc2nnc(-c3ccc(OC)c(OC)c3)n2c1=O. The van der Waals surface area contributed by atoms with Gasteiger partial charge in [0.2, 0.25) is 4.96 Å². The summed E-state index contributed by atoms with van der Waals surface area (Å²) in [6.45, 7) is 0. The van der Waals surface area contributed by atoms with Gasteiger partial charge >= 0.3 is 0 Å². The Morgan fingerprint density at radius 3 is 2.43 bits per heavy atom. The van der Waals surface area contributed by atoms with Crippen molar-refractivity contribution in [3.63, 3.8) is 0 Å². The predicted molar refractivity (Wildman–Crippen MR) is 107 cm³/mol. The second kappa shape index (κ2) is 7.32. The molecule has 2 aromatic heterocycles. The van der Waals surface area contributed by atoms with Gasteiger partial charge in [-0.1, -0.05) is 29.5 Å². The first-order chi connectivity index (χ1) is 13.7. The summed E-state index contributed by atoms with van der Waals surface area (Å²) in [6.07, 6.45) is 1.80. The summed E-state index contributed by atoms with van der Waals surface area (Å²) in [5, 5.41) is 8.35. The summed E-state index contributed by atoms with van der Waals surface area (Å²) >= 11 is 1.28. The van der Waals surface area contributed by atoms with E-state index >= 15 is 0 Å². The van der Waals surface area contributed by atoms with Crippen LogP contribution in [0.5, 0.6) is 17.2 Å². The van der Waals surface area contributed by atoms with Crippen LogP contribution in [-0.4, -0.2) is 35.9 Å². The third-order valence-electron chi connectivity index (χ3n) is 4.32. The lowest BCUT2D eigenvalue weighted by Gasteiger charge is -2.08. The van der Waals surface area contributed by atoms with Gasteiger partial charge in [0.15, 0.2) is 17.3 Å². The fourth-order valence-electron chi connectivity index (χ4n) is 2.95. The fourth-order valence-corrected chi connectivity index (χ4v) is 3.86. The Morgan fingerprint density at radius 1 is 0.929 bits per heavy atom. The lowest BCUT2D eigenvalue weighted by atomic mass is 10.2. The van der Waals surface area contributed by atoms with Crippen LogP contribution in [0.15, 0.2) is 47.3 Å². The highest BCUT2D eigenvalue weighted by atomic mass is 32.1. The van der Waals surface area contributed by atoms with Crippen molar-refractivity contribution < 1.29 is 14.2 Å². The zero-order valence-corrected chi connectivity index (χ0v) is 16.3. The zero-order valence-electron chi connectivity index (χ0n) is 15.5. The highest BCUT2D eigenvalue weighted by Gasteiger charge is 2.16. The average Bonchev–Trinajstić information content (AvgIpc) is 3.28. The number of para-hydroxylation sites is 1. The highest BCUT2D eigenvalue weighted by molar-refractivity contribution is 7.15. The van der Waals surface area contributed by atoms with Gasteiger partial charge in [0.1, 0.15) is 5.75 Å². The summed E-state index contributed by atoms with van der Waals surface area (Å²) in [5.41, 5.74) is 1.36. The Balaban J connectivity index is 1.88. The number of hydrogen-bond acceptors (Lipinski definition) is 7. The van der Waals surface area contributed by atoms with Crippen molar-refractivity contribution in [2.45, 2.75) is 0 Å². The summed E-state index contributed by atoms with van der Waals surface area (Å²) < 4.78 is 18.0. The smallest absolute Gasteiger partial charge is 0.276 e. The number of hydrogen-bond donors (Lipinski definition) is 0. The maximum Gasteiger partial charge on any atom is 0.276 e. The minimum absolute atomic E-state index is 0.180. The average molecular weight is 395 g/mol. The van der Waals surface area contributed by atoms with Gasteiger partial charge in [-0.25, -0.2) is 4.40 Å². The second-order valence-corrected chi connectivity index (χ2v) is 6.88. The molecule has 0 saturated heterocycles. The summed E-state index contributed by atoms with van der Waals surface area (Å²) in [4.78, 5) is 13.6. The normalized spacial score (nSPS) is 11.8. The van der Waals surface area contributed by atoms with E-state index in [4.69, 9.17) is 14.2 Å². The number of benzene rings is 2. The fraction of sp³-hybridized carbons (Fsp3) is 0.150. The van der Waals surface area contributed by atoms with Crippen LogP contribution < -0.4 is 24.3 Å². The lowest BCUT2D eigenvalue weighted by molar-refractivity contribution is 0.355. The molecule has 7 nitrogen and oxygen atoms in total. The molecule has 0 fully saturated rings. The van der Waals surface area contributed by atoms with Crippen LogP contribution in [0.4, 0.5) is 0 Å². The lowest BCUT2D eigenvalue weighted by Crippen LogP contribution is -2.23. The van der Waals surface area contributed by atoms with E-state index in [0.717, 1.165) is 5.56 Å². The number of thiazole rings is 1. The Hall–Kier alpha value is -3.39. The molecule has 0 bridgehead atoms. The molecule has 0 saturated carbocycles. The molecule has 0 radical (unpaired) electrons. The first-order valence-electron chi connectivity index (χ1n) is 8.41. The van der Waals surface area contributed by atoms with Crippen molar-refractivity contribution >= 4 is 22.4 Å². The molecule has 0 N–H and O–H groups in total. The molecule has 4 rings (SSSR count). The van der Waals surface area contributed by atoms with E-state index in [1.54, 1.807) is 39.5 Å². The van der Waals surface area contributed by atoms with Crippen LogP contribution in [0.3, 0.4) is 0 Å². The van der Waals surface area contributed by atoms with E-state index < -0.39 is 0 Å². The zero-order chi connectivity index (χ0) is 19.7. The summed E-state index contributed by atoms with van der Waals surface area (Å²) in [5.74, 6) is 2.31. The molecule has 8 heteroatoms. The summed E-state index contributed by atoms with van der Waals surface area (Å²) in [7, 11) is 4.73. The minimum atomic E-state index is -0.180. The molecule has 2 heterocycles. The van der Waals surface area contributed by atoms with Crippen molar-refractivity contribution in [1.82, 2.24) is 14.6 Å². The molecule has 0 unspecified atom stereocenters. The maximum absolute atomic E-state index is 13.0. The van der Waals surface area contributed by atoms with Crippen molar-refractivity contribution in [1.29, 1.82) is 0 Å².